The highest BCUT2D eigenvalue weighted by Crippen LogP contribution is 2.37. The Morgan fingerprint density at radius 2 is 1.83 bits per heavy atom. The molecule has 5 rings (SSSR count). The molecule has 3 N–H and O–H groups in total. The quantitative estimate of drug-likeness (QED) is 0.191. The molecular formula is C31H29ClN8O. The third-order valence-electron chi connectivity index (χ3n) is 6.89. The van der Waals surface area contributed by atoms with E-state index >= 15 is 0 Å². The molecule has 10 heteroatoms. The first-order chi connectivity index (χ1) is 19.9. The average Bonchev–Trinajstić information content (AvgIpc) is 3.53. The van der Waals surface area contributed by atoms with Crippen molar-refractivity contribution in [3.05, 3.63) is 112 Å². The summed E-state index contributed by atoms with van der Waals surface area (Å²) in [5.74, 6) is -0.103. The summed E-state index contributed by atoms with van der Waals surface area (Å²) in [7, 11) is 3.44. The molecule has 9 nitrogen and oxygen atoms in total. The fourth-order valence-corrected chi connectivity index (χ4v) is 5.09. The molecular weight excluding hydrogens is 536 g/mol. The molecule has 0 unspecified atom stereocenters. The van der Waals surface area contributed by atoms with Gasteiger partial charge < -0.3 is 15.5 Å². The Labute approximate surface area is 243 Å². The van der Waals surface area contributed by atoms with Crippen LogP contribution in [0.4, 0.5) is 11.4 Å². The first-order valence-corrected chi connectivity index (χ1v) is 13.5. The van der Waals surface area contributed by atoms with E-state index in [-0.39, 0.29) is 11.9 Å². The van der Waals surface area contributed by atoms with Gasteiger partial charge in [0.15, 0.2) is 0 Å². The average molecular weight is 565 g/mol. The Bertz CT molecular complexity index is 1710. The molecule has 0 aliphatic rings. The lowest BCUT2D eigenvalue weighted by atomic mass is 10.00. The third-order valence-corrected chi connectivity index (χ3v) is 7.18. The third kappa shape index (κ3) is 5.83. The first kappa shape index (κ1) is 27.6. The van der Waals surface area contributed by atoms with Crippen molar-refractivity contribution in [1.29, 1.82) is 5.26 Å². The van der Waals surface area contributed by atoms with Crippen LogP contribution in [0.15, 0.2) is 79.1 Å². The maximum atomic E-state index is 12.7. The van der Waals surface area contributed by atoms with Crippen LogP contribution in [-0.4, -0.2) is 45.3 Å². The van der Waals surface area contributed by atoms with Gasteiger partial charge in [-0.3, -0.25) is 9.78 Å². The number of halogens is 1. The lowest BCUT2D eigenvalue weighted by Crippen LogP contribution is -2.22. The van der Waals surface area contributed by atoms with Gasteiger partial charge in [-0.2, -0.15) is 20.7 Å². The molecule has 0 radical (unpaired) electrons. The Hall–Kier alpha value is -4.94. The standard InChI is InChI=1S/C31H29ClN8O/c1-4-26(19-9-6-5-7-10-19)37-28-22(16-33)17-34-30-24(28)14-23(15-25(30)32)36-29(27-18-35-39-38-27)20-11-8-12-21(13-20)31(41)40(2)3/h5-15,17-18,26,29,36H,4H2,1-3H3,(H,34,37)(H,35,38,39)/t26-,29+/m1/s1. The van der Waals surface area contributed by atoms with Crippen LogP contribution in [0.1, 0.15) is 58.2 Å². The number of hydrogen-bond acceptors (Lipinski definition) is 7. The number of nitrogens with one attached hydrogen (secondary N) is 3. The van der Waals surface area contributed by atoms with Crippen molar-refractivity contribution in [2.24, 2.45) is 0 Å². The molecule has 3 aromatic carbocycles. The molecule has 2 heterocycles. The molecule has 0 aliphatic carbocycles. The van der Waals surface area contributed by atoms with Gasteiger partial charge in [-0.25, -0.2) is 0 Å². The fourth-order valence-electron chi connectivity index (χ4n) is 4.82. The number of anilines is 2. The van der Waals surface area contributed by atoms with E-state index in [1.165, 1.54) is 4.90 Å². The van der Waals surface area contributed by atoms with Crippen molar-refractivity contribution in [3.8, 4) is 6.07 Å². The molecule has 0 fully saturated rings. The molecule has 5 aromatic rings. The minimum absolute atomic E-state index is 0.0239. The van der Waals surface area contributed by atoms with E-state index in [4.69, 9.17) is 11.6 Å². The maximum Gasteiger partial charge on any atom is 0.253 e. The number of nitrogens with zero attached hydrogens (tertiary/aromatic N) is 5. The summed E-state index contributed by atoms with van der Waals surface area (Å²) in [6.07, 6.45) is 3.99. The van der Waals surface area contributed by atoms with Crippen molar-refractivity contribution in [3.63, 3.8) is 0 Å². The Morgan fingerprint density at radius 3 is 2.51 bits per heavy atom. The summed E-state index contributed by atoms with van der Waals surface area (Å²) < 4.78 is 0. The number of amides is 1. The summed E-state index contributed by atoms with van der Waals surface area (Å²) in [4.78, 5) is 18.7. The molecule has 206 valence electrons. The van der Waals surface area contributed by atoms with E-state index in [2.05, 4.69) is 56.2 Å². The first-order valence-electron chi connectivity index (χ1n) is 13.2. The normalized spacial score (nSPS) is 12.4. The lowest BCUT2D eigenvalue weighted by molar-refractivity contribution is 0.0827. The van der Waals surface area contributed by atoms with Crippen molar-refractivity contribution in [2.45, 2.75) is 25.4 Å². The summed E-state index contributed by atoms with van der Waals surface area (Å²) in [5, 5.41) is 29.2. The zero-order valence-electron chi connectivity index (χ0n) is 22.9. The highest BCUT2D eigenvalue weighted by Gasteiger charge is 2.21. The second-order valence-electron chi connectivity index (χ2n) is 9.83. The second kappa shape index (κ2) is 12.1. The fraction of sp³-hybridized carbons (Fsp3) is 0.194. The van der Waals surface area contributed by atoms with E-state index in [1.54, 1.807) is 38.6 Å². The molecule has 0 saturated heterocycles. The van der Waals surface area contributed by atoms with Crippen LogP contribution in [0.3, 0.4) is 0 Å². The van der Waals surface area contributed by atoms with Gasteiger partial charge in [-0.15, -0.1) is 0 Å². The number of hydrogen-bond donors (Lipinski definition) is 3. The summed E-state index contributed by atoms with van der Waals surface area (Å²) in [6.45, 7) is 2.09. The number of aromatic amines is 1. The number of nitriles is 1. The highest BCUT2D eigenvalue weighted by molar-refractivity contribution is 6.35. The topological polar surface area (TPSA) is 123 Å². The number of aromatic nitrogens is 4. The minimum atomic E-state index is -0.451. The zero-order valence-corrected chi connectivity index (χ0v) is 23.6. The van der Waals surface area contributed by atoms with Crippen LogP contribution >= 0.6 is 11.6 Å². The Morgan fingerprint density at radius 1 is 1.05 bits per heavy atom. The minimum Gasteiger partial charge on any atom is -0.377 e. The molecule has 0 spiro atoms. The van der Waals surface area contributed by atoms with Gasteiger partial charge in [0.1, 0.15) is 11.8 Å². The largest absolute Gasteiger partial charge is 0.377 e. The maximum absolute atomic E-state index is 12.7. The number of carbonyl (C=O) groups is 1. The Kier molecular flexibility index (Phi) is 8.13. The smallest absolute Gasteiger partial charge is 0.253 e. The summed E-state index contributed by atoms with van der Waals surface area (Å²) in [6, 6.07) is 23.0. The number of rotatable bonds is 9. The van der Waals surface area contributed by atoms with Crippen molar-refractivity contribution < 1.29 is 4.79 Å². The molecule has 2 atom stereocenters. The molecule has 0 aliphatic heterocycles. The van der Waals surface area contributed by atoms with E-state index in [0.717, 1.165) is 17.5 Å². The monoisotopic (exact) mass is 564 g/mol. The van der Waals surface area contributed by atoms with Gasteiger partial charge >= 0.3 is 0 Å². The lowest BCUT2D eigenvalue weighted by Gasteiger charge is -2.23. The molecule has 0 bridgehead atoms. The van der Waals surface area contributed by atoms with E-state index in [9.17, 15) is 10.1 Å². The van der Waals surface area contributed by atoms with Crippen LogP contribution in [0.25, 0.3) is 10.9 Å². The number of benzene rings is 3. The van der Waals surface area contributed by atoms with Crippen LogP contribution in [0, 0.1) is 11.3 Å². The van der Waals surface area contributed by atoms with Gasteiger partial charge in [0, 0.05) is 36.9 Å². The van der Waals surface area contributed by atoms with Gasteiger partial charge in [0.05, 0.1) is 40.1 Å². The van der Waals surface area contributed by atoms with E-state index in [0.29, 0.717) is 44.1 Å². The van der Waals surface area contributed by atoms with Crippen LogP contribution in [0.2, 0.25) is 5.02 Å². The van der Waals surface area contributed by atoms with Crippen LogP contribution in [0.5, 0.6) is 0 Å². The van der Waals surface area contributed by atoms with Crippen molar-refractivity contribution >= 4 is 39.8 Å². The summed E-state index contributed by atoms with van der Waals surface area (Å²) >= 11 is 6.78. The number of H-pyrrole nitrogens is 1. The summed E-state index contributed by atoms with van der Waals surface area (Å²) in [5.41, 5.74) is 5.47. The van der Waals surface area contributed by atoms with Crippen LogP contribution in [-0.2, 0) is 0 Å². The van der Waals surface area contributed by atoms with Gasteiger partial charge in [0.25, 0.3) is 5.91 Å². The number of pyridine rings is 1. The van der Waals surface area contributed by atoms with Gasteiger partial charge in [0.2, 0.25) is 0 Å². The number of fused-ring (bicyclic) bond motifs is 1. The van der Waals surface area contributed by atoms with E-state index < -0.39 is 6.04 Å². The predicted molar refractivity (Wildman–Crippen MR) is 161 cm³/mol. The number of carbonyl (C=O) groups excluding carboxylic acids is 1. The van der Waals surface area contributed by atoms with E-state index in [1.807, 2.05) is 42.5 Å². The molecule has 41 heavy (non-hydrogen) atoms. The molecule has 2 aromatic heterocycles. The SMILES string of the molecule is CC[C@@H](Nc1c(C#N)cnc2c(Cl)cc(N[C@@H](c3cccc(C(=O)N(C)C)c3)c3cn[nH]n3)cc12)c1ccccc1. The van der Waals surface area contributed by atoms with Crippen LogP contribution < -0.4 is 10.6 Å². The zero-order chi connectivity index (χ0) is 28.9. The molecule has 1 amide bonds. The van der Waals surface area contributed by atoms with Crippen molar-refractivity contribution in [1.82, 2.24) is 25.3 Å². The molecule has 0 saturated carbocycles. The second-order valence-corrected chi connectivity index (χ2v) is 10.2. The van der Waals surface area contributed by atoms with Gasteiger partial charge in [-0.1, -0.05) is 61.0 Å². The Balaban J connectivity index is 1.59. The van der Waals surface area contributed by atoms with Crippen molar-refractivity contribution in [2.75, 3.05) is 24.7 Å². The van der Waals surface area contributed by atoms with Gasteiger partial charge in [-0.05, 0) is 41.8 Å². The predicted octanol–water partition coefficient (Wildman–Crippen LogP) is 6.34. The highest BCUT2D eigenvalue weighted by atomic mass is 35.5.